The van der Waals surface area contributed by atoms with E-state index in [0.717, 1.165) is 44.6 Å². The number of hydrogen-bond acceptors (Lipinski definition) is 9. The molecule has 0 bridgehead atoms. The number of rotatable bonds is 7. The van der Waals surface area contributed by atoms with E-state index in [0.29, 0.717) is 59.9 Å². The van der Waals surface area contributed by atoms with E-state index >= 15 is 0 Å². The van der Waals surface area contributed by atoms with Crippen molar-refractivity contribution in [3.05, 3.63) is 95.4 Å². The van der Waals surface area contributed by atoms with Gasteiger partial charge in [0.2, 0.25) is 5.89 Å². The lowest BCUT2D eigenvalue weighted by Crippen LogP contribution is -2.22. The first-order chi connectivity index (χ1) is 21.9. The van der Waals surface area contributed by atoms with Gasteiger partial charge in [0.1, 0.15) is 17.1 Å². The number of likely N-dealkylation sites (tertiary alicyclic amines) is 1. The Bertz CT molecular complexity index is 2140. The van der Waals surface area contributed by atoms with Crippen LogP contribution in [0.25, 0.3) is 44.7 Å². The zero-order valence-electron chi connectivity index (χ0n) is 24.8. The van der Waals surface area contributed by atoms with Crippen molar-refractivity contribution < 1.29 is 14.3 Å². The lowest BCUT2D eigenvalue weighted by Gasteiger charge is -2.16. The predicted octanol–water partition coefficient (Wildman–Crippen LogP) is 6.64. The van der Waals surface area contributed by atoms with Crippen LogP contribution in [0.2, 0.25) is 0 Å². The average molecular weight is 596 g/mol. The second-order valence-corrected chi connectivity index (χ2v) is 11.3. The normalized spacial score (nSPS) is 15.0. The number of nitrogens with zero attached hydrogens (tertiary/aromatic N) is 6. The molecule has 4 heterocycles. The Morgan fingerprint density at radius 2 is 1.78 bits per heavy atom. The number of carboxylic acids is 1. The topological polar surface area (TPSA) is 141 Å². The summed E-state index contributed by atoms with van der Waals surface area (Å²) in [5.74, 6) is -0.0471. The number of aliphatic carboxylic acids is 1. The van der Waals surface area contributed by atoms with E-state index in [1.165, 1.54) is 0 Å². The SMILES string of the molecule is Cc1c(Nc2nccc3nccnc23)cccc1-c1cccc(-c2nc3cc(CN4CC[C@@H](C(=O)O)C4)cc(C#N)c3o2)c1C. The van der Waals surface area contributed by atoms with Crippen LogP contribution >= 0.6 is 0 Å². The second kappa shape index (κ2) is 11.4. The van der Waals surface area contributed by atoms with Crippen molar-refractivity contribution >= 4 is 39.6 Å². The van der Waals surface area contributed by atoms with Crippen molar-refractivity contribution in [3.63, 3.8) is 0 Å². The molecule has 0 spiro atoms. The molecule has 0 unspecified atom stereocenters. The molecule has 1 saturated heterocycles. The number of hydrogen-bond donors (Lipinski definition) is 2. The number of carboxylic acid groups (broad SMARTS) is 1. The Morgan fingerprint density at radius 3 is 2.58 bits per heavy atom. The second-order valence-electron chi connectivity index (χ2n) is 11.3. The van der Waals surface area contributed by atoms with Crippen molar-refractivity contribution in [2.45, 2.75) is 26.8 Å². The molecule has 1 aliphatic rings. The Morgan fingerprint density at radius 1 is 1.00 bits per heavy atom. The Kier molecular flexibility index (Phi) is 7.16. The molecule has 0 saturated carbocycles. The molecule has 7 rings (SSSR count). The molecule has 3 aromatic heterocycles. The van der Waals surface area contributed by atoms with Gasteiger partial charge in [-0.25, -0.2) is 15.0 Å². The zero-order chi connectivity index (χ0) is 31.1. The highest BCUT2D eigenvalue weighted by atomic mass is 16.4. The molecule has 6 aromatic rings. The fourth-order valence-corrected chi connectivity index (χ4v) is 6.15. The number of oxazole rings is 1. The number of aromatic nitrogens is 4. The fraction of sp³-hybridized carbons (Fsp3) is 0.200. The Labute approximate surface area is 259 Å². The van der Waals surface area contributed by atoms with Crippen molar-refractivity contribution in [2.24, 2.45) is 5.92 Å². The van der Waals surface area contributed by atoms with Gasteiger partial charge in [-0.3, -0.25) is 14.7 Å². The average Bonchev–Trinajstić information content (AvgIpc) is 3.70. The Balaban J connectivity index is 1.22. The summed E-state index contributed by atoms with van der Waals surface area (Å²) >= 11 is 0. The van der Waals surface area contributed by atoms with Crippen molar-refractivity contribution in [1.29, 1.82) is 5.26 Å². The highest BCUT2D eigenvalue weighted by molar-refractivity contribution is 5.89. The predicted molar refractivity (Wildman–Crippen MR) is 171 cm³/mol. The van der Waals surface area contributed by atoms with Crippen LogP contribution in [0.5, 0.6) is 0 Å². The molecular weight excluding hydrogens is 566 g/mol. The number of nitriles is 1. The van der Waals surface area contributed by atoms with E-state index in [1.807, 2.05) is 49.4 Å². The molecule has 0 amide bonds. The molecule has 222 valence electrons. The quantitative estimate of drug-likeness (QED) is 0.206. The molecule has 45 heavy (non-hydrogen) atoms. The van der Waals surface area contributed by atoms with Gasteiger partial charge in [0.05, 0.1) is 17.0 Å². The number of benzene rings is 3. The maximum absolute atomic E-state index is 11.4. The molecular formula is C35H29N7O3. The monoisotopic (exact) mass is 595 g/mol. The van der Waals surface area contributed by atoms with Gasteiger partial charge < -0.3 is 14.8 Å². The highest BCUT2D eigenvalue weighted by Crippen LogP contribution is 2.37. The molecule has 0 radical (unpaired) electrons. The number of nitrogens with one attached hydrogen (secondary N) is 1. The van der Waals surface area contributed by atoms with Crippen LogP contribution in [0.3, 0.4) is 0 Å². The van der Waals surface area contributed by atoms with Crippen molar-refractivity contribution in [1.82, 2.24) is 24.8 Å². The molecule has 1 fully saturated rings. The van der Waals surface area contributed by atoms with Gasteiger partial charge in [0, 0.05) is 42.9 Å². The minimum Gasteiger partial charge on any atom is -0.481 e. The summed E-state index contributed by atoms with van der Waals surface area (Å²) in [6.07, 6.45) is 5.66. The van der Waals surface area contributed by atoms with Gasteiger partial charge in [-0.1, -0.05) is 24.3 Å². The van der Waals surface area contributed by atoms with Gasteiger partial charge in [0.15, 0.2) is 11.4 Å². The minimum absolute atomic E-state index is 0.359. The van der Waals surface area contributed by atoms with Gasteiger partial charge >= 0.3 is 5.97 Å². The molecule has 10 nitrogen and oxygen atoms in total. The van der Waals surface area contributed by atoms with Crippen LogP contribution in [0.15, 0.2) is 77.6 Å². The number of fused-ring (bicyclic) bond motifs is 2. The van der Waals surface area contributed by atoms with Gasteiger partial charge in [-0.2, -0.15) is 5.26 Å². The first-order valence-corrected chi connectivity index (χ1v) is 14.7. The van der Waals surface area contributed by atoms with Gasteiger partial charge in [-0.05, 0) is 85.0 Å². The lowest BCUT2D eigenvalue weighted by atomic mass is 9.93. The summed E-state index contributed by atoms with van der Waals surface area (Å²) in [6.45, 7) is 5.86. The summed E-state index contributed by atoms with van der Waals surface area (Å²) in [5, 5.41) is 22.8. The Hall–Kier alpha value is -5.66. The molecule has 1 aliphatic heterocycles. The van der Waals surface area contributed by atoms with E-state index < -0.39 is 5.97 Å². The summed E-state index contributed by atoms with van der Waals surface area (Å²) in [7, 11) is 0. The highest BCUT2D eigenvalue weighted by Gasteiger charge is 2.28. The zero-order valence-corrected chi connectivity index (χ0v) is 24.8. The number of pyridine rings is 1. The minimum atomic E-state index is -0.765. The lowest BCUT2D eigenvalue weighted by molar-refractivity contribution is -0.141. The van der Waals surface area contributed by atoms with Crippen LogP contribution in [0.1, 0.15) is 28.7 Å². The van der Waals surface area contributed by atoms with Crippen LogP contribution in [-0.4, -0.2) is 49.0 Å². The van der Waals surface area contributed by atoms with Gasteiger partial charge in [0.25, 0.3) is 0 Å². The molecule has 2 N–H and O–H groups in total. The summed E-state index contributed by atoms with van der Waals surface area (Å²) in [5.41, 5.74) is 9.68. The maximum Gasteiger partial charge on any atom is 0.307 e. The first kappa shape index (κ1) is 28.1. The van der Waals surface area contributed by atoms with Crippen LogP contribution in [0.4, 0.5) is 11.5 Å². The third kappa shape index (κ3) is 5.24. The van der Waals surface area contributed by atoms with E-state index in [4.69, 9.17) is 9.40 Å². The fourth-order valence-electron chi connectivity index (χ4n) is 6.15. The van der Waals surface area contributed by atoms with Gasteiger partial charge in [-0.15, -0.1) is 0 Å². The van der Waals surface area contributed by atoms with Crippen molar-refractivity contribution in [2.75, 3.05) is 18.4 Å². The maximum atomic E-state index is 11.4. The van der Waals surface area contributed by atoms with Crippen LogP contribution in [-0.2, 0) is 11.3 Å². The first-order valence-electron chi connectivity index (χ1n) is 14.7. The van der Waals surface area contributed by atoms with E-state index in [2.05, 4.69) is 50.3 Å². The summed E-state index contributed by atoms with van der Waals surface area (Å²) in [4.78, 5) is 31.7. The van der Waals surface area contributed by atoms with Crippen LogP contribution < -0.4 is 5.32 Å². The molecule has 3 aromatic carbocycles. The smallest absolute Gasteiger partial charge is 0.307 e. The van der Waals surface area contributed by atoms with E-state index in [-0.39, 0.29) is 5.92 Å². The molecule has 10 heteroatoms. The standard InChI is InChI=1S/C35H29N7O3/c1-20-25(26-6-4-8-28(21(26)2)40-33-31-29(9-11-39-33)37-12-13-38-31)5-3-7-27(20)34-41-30-16-22(15-24(17-36)32(30)45-34)18-42-14-10-23(19-42)35(43)44/h3-9,11-13,15-16,23H,10,14,18-19H2,1-2H3,(H,39,40)(H,43,44)/t23-/m1/s1. The van der Waals surface area contributed by atoms with E-state index in [9.17, 15) is 15.2 Å². The third-order valence-electron chi connectivity index (χ3n) is 8.53. The molecule has 1 atom stereocenters. The van der Waals surface area contributed by atoms with Crippen LogP contribution in [0, 0.1) is 31.1 Å². The van der Waals surface area contributed by atoms with Crippen molar-refractivity contribution in [3.8, 4) is 28.7 Å². The summed E-state index contributed by atoms with van der Waals surface area (Å²) in [6, 6.07) is 20.0. The third-order valence-corrected chi connectivity index (χ3v) is 8.53. The van der Waals surface area contributed by atoms with E-state index in [1.54, 1.807) is 18.6 Å². The summed E-state index contributed by atoms with van der Waals surface area (Å²) < 4.78 is 6.24. The molecule has 0 aliphatic carbocycles. The number of anilines is 2. The number of carbonyl (C=O) groups is 1. The largest absolute Gasteiger partial charge is 0.481 e.